The number of ketones is 1. The summed E-state index contributed by atoms with van der Waals surface area (Å²) in [5.74, 6) is 2.57. The number of Topliss-reactive ketones (excluding diaryl/α,β-unsaturated/α-hetero) is 1. The van der Waals surface area contributed by atoms with Crippen LogP contribution >= 0.6 is 22.6 Å². The van der Waals surface area contributed by atoms with Crippen molar-refractivity contribution in [2.75, 3.05) is 0 Å². The van der Waals surface area contributed by atoms with E-state index in [9.17, 15) is 9.59 Å². The van der Waals surface area contributed by atoms with Crippen LogP contribution in [-0.2, 0) is 9.53 Å². The van der Waals surface area contributed by atoms with Gasteiger partial charge in [0.25, 0.3) is 0 Å². The zero-order valence-corrected chi connectivity index (χ0v) is 21.7. The Hall–Kier alpha value is -1.17. The molecule has 7 atom stereocenters. The van der Waals surface area contributed by atoms with E-state index in [1.807, 2.05) is 31.2 Å². The van der Waals surface area contributed by atoms with Crippen molar-refractivity contribution in [3.05, 3.63) is 45.0 Å². The molecular weight excluding hydrogens is 511 g/mol. The van der Waals surface area contributed by atoms with Gasteiger partial charge in [0.05, 0.1) is 5.56 Å². The summed E-state index contributed by atoms with van der Waals surface area (Å²) in [7, 11) is 0. The molecule has 0 aliphatic heterocycles. The van der Waals surface area contributed by atoms with Crippen molar-refractivity contribution in [2.45, 2.75) is 78.2 Å². The number of hydrogen-bond acceptors (Lipinski definition) is 3. The van der Waals surface area contributed by atoms with E-state index in [2.05, 4.69) is 42.5 Å². The van der Waals surface area contributed by atoms with Crippen molar-refractivity contribution in [3.63, 3.8) is 0 Å². The molecular formula is C28H35IO3. The summed E-state index contributed by atoms with van der Waals surface area (Å²) in [6.45, 7) is 6.70. The number of halogens is 1. The molecule has 5 rings (SSSR count). The monoisotopic (exact) mass is 546 g/mol. The standard InChI is InChI=1S/C28H35IO3/c1-17(30)23-9-10-24-22-8-7-19-16-21(32-26(31)18-5-4-6-20(29)15-18)11-13-27(19,2)25(22)12-14-28(23,24)3/h4-7,15,21-25H,8-14,16H2,1-3H3/t21-,22?,23?,24?,25?,27+,28-/m1/s1. The molecule has 0 radical (unpaired) electrons. The molecule has 3 nitrogen and oxygen atoms in total. The van der Waals surface area contributed by atoms with Gasteiger partial charge in [-0.3, -0.25) is 4.79 Å². The number of ether oxygens (including phenoxy) is 1. The molecule has 32 heavy (non-hydrogen) atoms. The fraction of sp³-hybridized carbons (Fsp3) is 0.643. The third-order valence-electron chi connectivity index (χ3n) is 9.88. The lowest BCUT2D eigenvalue weighted by Gasteiger charge is -2.58. The van der Waals surface area contributed by atoms with Gasteiger partial charge in [-0.2, -0.15) is 0 Å². The number of benzene rings is 1. The Morgan fingerprint density at radius 1 is 1.06 bits per heavy atom. The van der Waals surface area contributed by atoms with Crippen LogP contribution < -0.4 is 0 Å². The number of carbonyl (C=O) groups excluding carboxylic acids is 2. The molecule has 1 aromatic rings. The zero-order chi connectivity index (χ0) is 22.7. The van der Waals surface area contributed by atoms with Crippen LogP contribution in [0.3, 0.4) is 0 Å². The Kier molecular flexibility index (Phi) is 5.83. The van der Waals surface area contributed by atoms with E-state index in [4.69, 9.17) is 4.74 Å². The molecule has 172 valence electrons. The summed E-state index contributed by atoms with van der Waals surface area (Å²) < 4.78 is 7.02. The highest BCUT2D eigenvalue weighted by molar-refractivity contribution is 14.1. The number of hydrogen-bond donors (Lipinski definition) is 0. The Morgan fingerprint density at radius 2 is 1.88 bits per heavy atom. The van der Waals surface area contributed by atoms with Crippen LogP contribution in [-0.4, -0.2) is 17.9 Å². The quantitative estimate of drug-likeness (QED) is 0.233. The van der Waals surface area contributed by atoms with Crippen LogP contribution in [0.15, 0.2) is 35.9 Å². The second kappa shape index (κ2) is 8.25. The van der Waals surface area contributed by atoms with Crippen LogP contribution in [0.5, 0.6) is 0 Å². The third kappa shape index (κ3) is 3.59. The first-order valence-corrected chi connectivity index (χ1v) is 13.5. The molecule has 0 bridgehead atoms. The van der Waals surface area contributed by atoms with Crippen molar-refractivity contribution < 1.29 is 14.3 Å². The first kappa shape index (κ1) is 22.6. The average Bonchev–Trinajstić information content (AvgIpc) is 3.11. The second-order valence-electron chi connectivity index (χ2n) is 11.3. The van der Waals surface area contributed by atoms with E-state index in [0.29, 0.717) is 29.1 Å². The number of esters is 1. The fourth-order valence-electron chi connectivity index (χ4n) is 8.23. The summed E-state index contributed by atoms with van der Waals surface area (Å²) in [5.41, 5.74) is 2.60. The highest BCUT2D eigenvalue weighted by atomic mass is 127. The SMILES string of the molecule is CC(=O)C1CCC2C3CC=C4C[C@H](OC(=O)c5cccc(I)c5)CC[C@]4(C)C3CC[C@]12C. The van der Waals surface area contributed by atoms with Gasteiger partial charge in [0.2, 0.25) is 0 Å². The maximum absolute atomic E-state index is 12.7. The summed E-state index contributed by atoms with van der Waals surface area (Å²) >= 11 is 2.23. The first-order chi connectivity index (χ1) is 15.2. The van der Waals surface area contributed by atoms with Crippen LogP contribution in [0.4, 0.5) is 0 Å². The van der Waals surface area contributed by atoms with Crippen molar-refractivity contribution in [1.82, 2.24) is 0 Å². The van der Waals surface area contributed by atoms with E-state index < -0.39 is 0 Å². The van der Waals surface area contributed by atoms with Crippen LogP contribution in [0.25, 0.3) is 0 Å². The predicted molar refractivity (Wildman–Crippen MR) is 134 cm³/mol. The van der Waals surface area contributed by atoms with Crippen molar-refractivity contribution in [2.24, 2.45) is 34.5 Å². The predicted octanol–water partition coefficient (Wildman–Crippen LogP) is 6.98. The molecule has 0 amide bonds. The van der Waals surface area contributed by atoms with Crippen LogP contribution in [0, 0.1) is 38.1 Å². The van der Waals surface area contributed by atoms with Crippen molar-refractivity contribution in [1.29, 1.82) is 0 Å². The first-order valence-electron chi connectivity index (χ1n) is 12.4. The zero-order valence-electron chi connectivity index (χ0n) is 19.5. The van der Waals surface area contributed by atoms with Gasteiger partial charge in [-0.15, -0.1) is 0 Å². The maximum Gasteiger partial charge on any atom is 0.338 e. The average molecular weight is 546 g/mol. The molecule has 0 saturated heterocycles. The van der Waals surface area contributed by atoms with Gasteiger partial charge in [-0.05, 0) is 121 Å². The summed E-state index contributed by atoms with van der Waals surface area (Å²) in [6, 6.07) is 7.65. The Balaban J connectivity index is 1.32. The molecule has 3 saturated carbocycles. The molecule has 0 spiro atoms. The van der Waals surface area contributed by atoms with Gasteiger partial charge in [-0.1, -0.05) is 31.6 Å². The van der Waals surface area contributed by atoms with Gasteiger partial charge < -0.3 is 4.74 Å². The van der Waals surface area contributed by atoms with Crippen LogP contribution in [0.1, 0.15) is 82.5 Å². The lowest BCUT2D eigenvalue weighted by Crippen LogP contribution is -2.51. The minimum atomic E-state index is -0.193. The molecule has 4 aliphatic carbocycles. The fourth-order valence-corrected chi connectivity index (χ4v) is 8.77. The molecule has 0 heterocycles. The minimum absolute atomic E-state index is 0.0151. The number of fused-ring (bicyclic) bond motifs is 5. The highest BCUT2D eigenvalue weighted by Crippen LogP contribution is 2.66. The number of rotatable bonds is 3. The largest absolute Gasteiger partial charge is 0.458 e. The van der Waals surface area contributed by atoms with Crippen molar-refractivity contribution >= 4 is 34.3 Å². The topological polar surface area (TPSA) is 43.4 Å². The molecule has 3 fully saturated rings. The minimum Gasteiger partial charge on any atom is -0.458 e. The van der Waals surface area contributed by atoms with Gasteiger partial charge >= 0.3 is 5.97 Å². The van der Waals surface area contributed by atoms with Gasteiger partial charge in [0, 0.05) is 15.9 Å². The summed E-state index contributed by atoms with van der Waals surface area (Å²) in [4.78, 5) is 25.1. The number of carbonyl (C=O) groups is 2. The molecule has 4 heteroatoms. The second-order valence-corrected chi connectivity index (χ2v) is 12.6. The molecule has 4 aliphatic rings. The molecule has 0 N–H and O–H groups in total. The van der Waals surface area contributed by atoms with Gasteiger partial charge in [-0.25, -0.2) is 4.79 Å². The van der Waals surface area contributed by atoms with E-state index in [-0.39, 0.29) is 28.8 Å². The Morgan fingerprint density at radius 3 is 2.62 bits per heavy atom. The Bertz CT molecular complexity index is 967. The van der Waals surface area contributed by atoms with Gasteiger partial charge in [0.1, 0.15) is 11.9 Å². The molecule has 1 aromatic carbocycles. The highest BCUT2D eigenvalue weighted by Gasteiger charge is 2.59. The molecule has 4 unspecified atom stereocenters. The molecule has 0 aromatic heterocycles. The summed E-state index contributed by atoms with van der Waals surface area (Å²) in [5, 5.41) is 0. The normalized spacial score (nSPS) is 40.5. The smallest absolute Gasteiger partial charge is 0.338 e. The summed E-state index contributed by atoms with van der Waals surface area (Å²) in [6.07, 6.45) is 11.3. The third-order valence-corrected chi connectivity index (χ3v) is 10.6. The van der Waals surface area contributed by atoms with E-state index in [1.54, 1.807) is 0 Å². The lowest BCUT2D eigenvalue weighted by molar-refractivity contribution is -0.127. The van der Waals surface area contributed by atoms with E-state index in [0.717, 1.165) is 35.7 Å². The Labute approximate surface area is 205 Å². The van der Waals surface area contributed by atoms with Crippen LogP contribution in [0.2, 0.25) is 0 Å². The lowest BCUT2D eigenvalue weighted by atomic mass is 9.47. The maximum atomic E-state index is 12.7. The van der Waals surface area contributed by atoms with E-state index in [1.165, 1.54) is 24.8 Å². The number of allylic oxidation sites excluding steroid dienone is 1. The van der Waals surface area contributed by atoms with E-state index >= 15 is 0 Å². The van der Waals surface area contributed by atoms with Crippen molar-refractivity contribution in [3.8, 4) is 0 Å². The van der Waals surface area contributed by atoms with Gasteiger partial charge in [0.15, 0.2) is 0 Å².